The van der Waals surface area contributed by atoms with Crippen molar-refractivity contribution in [2.24, 2.45) is 5.73 Å². The lowest BCUT2D eigenvalue weighted by Gasteiger charge is -2.10. The van der Waals surface area contributed by atoms with Crippen LogP contribution >= 0.6 is 11.6 Å². The van der Waals surface area contributed by atoms with Gasteiger partial charge >= 0.3 is 0 Å². The van der Waals surface area contributed by atoms with Gasteiger partial charge in [0.1, 0.15) is 5.02 Å². The van der Waals surface area contributed by atoms with Gasteiger partial charge in [-0.3, -0.25) is 4.79 Å². The monoisotopic (exact) mass is 306 g/mol. The number of hydrogen-bond acceptors (Lipinski definition) is 4. The van der Waals surface area contributed by atoms with Crippen molar-refractivity contribution in [3.63, 3.8) is 0 Å². The molecule has 0 aliphatic carbocycles. The number of nitrogens with two attached hydrogens (primary N) is 1. The smallest absolute Gasteiger partial charge is 0.287 e. The minimum Gasteiger partial charge on any atom is -0.378 e. The van der Waals surface area contributed by atoms with E-state index in [0.717, 1.165) is 12.0 Å². The Balaban J connectivity index is 2.06. The molecule has 5 nitrogen and oxygen atoms in total. The van der Waals surface area contributed by atoms with Crippen LogP contribution in [0.3, 0.4) is 0 Å². The third-order valence-electron chi connectivity index (χ3n) is 3.22. The highest BCUT2D eigenvalue weighted by atomic mass is 35.5. The van der Waals surface area contributed by atoms with Crippen molar-refractivity contribution in [1.29, 1.82) is 0 Å². The van der Waals surface area contributed by atoms with Crippen molar-refractivity contribution >= 4 is 17.3 Å². The summed E-state index contributed by atoms with van der Waals surface area (Å²) in [7, 11) is 0. The van der Waals surface area contributed by atoms with Gasteiger partial charge in [-0.1, -0.05) is 35.9 Å². The van der Waals surface area contributed by atoms with E-state index in [9.17, 15) is 4.79 Å². The normalized spacial score (nSPS) is 10.6. The van der Waals surface area contributed by atoms with E-state index in [1.807, 2.05) is 19.1 Å². The van der Waals surface area contributed by atoms with Crippen LogP contribution in [0, 0.1) is 0 Å². The summed E-state index contributed by atoms with van der Waals surface area (Å²) in [6.07, 6.45) is 2.45. The van der Waals surface area contributed by atoms with Crippen LogP contribution in [-0.2, 0) is 19.5 Å². The number of anilines is 1. The maximum Gasteiger partial charge on any atom is 0.287 e. The van der Waals surface area contributed by atoms with Gasteiger partial charge in [0.25, 0.3) is 5.56 Å². The maximum atomic E-state index is 11.9. The number of nitrogens with one attached hydrogen (secondary N) is 1. The first-order chi connectivity index (χ1) is 10.2. The molecule has 2 rings (SSSR count). The highest BCUT2D eigenvalue weighted by Gasteiger charge is 2.07. The van der Waals surface area contributed by atoms with Gasteiger partial charge in [0.05, 0.1) is 11.9 Å². The van der Waals surface area contributed by atoms with Crippen LogP contribution in [0.5, 0.6) is 0 Å². The summed E-state index contributed by atoms with van der Waals surface area (Å²) in [5, 5.41) is 7.36. The molecule has 2 aromatic rings. The molecule has 3 N–H and O–H groups in total. The van der Waals surface area contributed by atoms with Crippen LogP contribution in [0.2, 0.25) is 5.02 Å². The zero-order valence-corrected chi connectivity index (χ0v) is 12.7. The lowest BCUT2D eigenvalue weighted by atomic mass is 10.1. The van der Waals surface area contributed by atoms with Crippen molar-refractivity contribution in [3.8, 4) is 0 Å². The maximum absolute atomic E-state index is 11.9. The summed E-state index contributed by atoms with van der Waals surface area (Å²) >= 11 is 6.06. The molecule has 1 aromatic carbocycles. The highest BCUT2D eigenvalue weighted by molar-refractivity contribution is 6.32. The molecule has 0 aliphatic rings. The summed E-state index contributed by atoms with van der Waals surface area (Å²) in [6.45, 7) is 3.58. The zero-order chi connectivity index (χ0) is 15.2. The number of halogens is 1. The Morgan fingerprint density at radius 2 is 1.95 bits per heavy atom. The summed E-state index contributed by atoms with van der Waals surface area (Å²) in [5.41, 5.74) is 8.12. The van der Waals surface area contributed by atoms with Gasteiger partial charge in [-0.05, 0) is 31.0 Å². The molecule has 0 saturated heterocycles. The fourth-order valence-electron chi connectivity index (χ4n) is 2.00. The molecular weight excluding hydrogens is 288 g/mol. The topological polar surface area (TPSA) is 72.9 Å². The van der Waals surface area contributed by atoms with Crippen LogP contribution in [0.25, 0.3) is 0 Å². The molecule has 1 aromatic heterocycles. The Bertz CT molecular complexity index is 652. The van der Waals surface area contributed by atoms with E-state index in [1.54, 1.807) is 6.20 Å². The molecule has 0 unspecified atom stereocenters. The van der Waals surface area contributed by atoms with E-state index in [2.05, 4.69) is 22.5 Å². The lowest BCUT2D eigenvalue weighted by Crippen LogP contribution is -2.23. The van der Waals surface area contributed by atoms with Crippen molar-refractivity contribution < 1.29 is 0 Å². The molecule has 1 heterocycles. The Morgan fingerprint density at radius 3 is 2.57 bits per heavy atom. The molecule has 0 fully saturated rings. The average Bonchev–Trinajstić information content (AvgIpc) is 2.50. The second-order valence-corrected chi connectivity index (χ2v) is 5.08. The van der Waals surface area contributed by atoms with E-state index in [-0.39, 0.29) is 10.6 Å². The number of hydrogen-bond donors (Lipinski definition) is 2. The predicted molar refractivity (Wildman–Crippen MR) is 85.7 cm³/mol. The third kappa shape index (κ3) is 3.83. The number of aromatic nitrogens is 2. The number of benzene rings is 1. The zero-order valence-electron chi connectivity index (χ0n) is 12.0. The summed E-state index contributed by atoms with van der Waals surface area (Å²) in [6, 6.07) is 8.18. The second-order valence-electron chi connectivity index (χ2n) is 4.70. The van der Waals surface area contributed by atoms with E-state index < -0.39 is 0 Å². The third-order valence-corrected chi connectivity index (χ3v) is 3.59. The van der Waals surface area contributed by atoms with Gasteiger partial charge in [-0.15, -0.1) is 0 Å². The Kier molecular flexibility index (Phi) is 5.36. The van der Waals surface area contributed by atoms with E-state index in [1.165, 1.54) is 10.2 Å². The largest absolute Gasteiger partial charge is 0.378 e. The van der Waals surface area contributed by atoms with Gasteiger partial charge in [0.2, 0.25) is 0 Å². The second kappa shape index (κ2) is 7.24. The molecule has 0 saturated carbocycles. The molecule has 0 radical (unpaired) electrons. The van der Waals surface area contributed by atoms with Crippen molar-refractivity contribution in [3.05, 3.63) is 57.0 Å². The molecule has 21 heavy (non-hydrogen) atoms. The molecule has 0 spiro atoms. The molecule has 0 aliphatic heterocycles. The standard InChI is InChI=1S/C15H19ClN4O/c1-2-20-15(21)14(16)13(10-19-20)18-9-12-5-3-11(4-6-12)7-8-17/h3-6,10,18H,2,7-9,17H2,1H3. The quantitative estimate of drug-likeness (QED) is 0.856. The van der Waals surface area contributed by atoms with Crippen LogP contribution in [0.1, 0.15) is 18.1 Å². The minimum atomic E-state index is -0.275. The van der Waals surface area contributed by atoms with Gasteiger partial charge in [-0.2, -0.15) is 5.10 Å². The van der Waals surface area contributed by atoms with Crippen LogP contribution < -0.4 is 16.6 Å². The van der Waals surface area contributed by atoms with Gasteiger partial charge in [0.15, 0.2) is 0 Å². The molecule has 6 heteroatoms. The predicted octanol–water partition coefficient (Wildman–Crippen LogP) is 2.03. The van der Waals surface area contributed by atoms with Crippen molar-refractivity contribution in [2.75, 3.05) is 11.9 Å². The highest BCUT2D eigenvalue weighted by Crippen LogP contribution is 2.16. The molecule has 0 amide bonds. The van der Waals surface area contributed by atoms with Gasteiger partial charge in [-0.25, -0.2) is 4.68 Å². The fraction of sp³-hybridized carbons (Fsp3) is 0.333. The van der Waals surface area contributed by atoms with Crippen LogP contribution in [0.15, 0.2) is 35.3 Å². The summed E-state index contributed by atoms with van der Waals surface area (Å²) in [5.74, 6) is 0. The Hall–Kier alpha value is -1.85. The summed E-state index contributed by atoms with van der Waals surface area (Å²) < 4.78 is 1.33. The Labute approximate surface area is 128 Å². The fourth-order valence-corrected chi connectivity index (χ4v) is 2.21. The van der Waals surface area contributed by atoms with Crippen LogP contribution in [0.4, 0.5) is 5.69 Å². The molecule has 112 valence electrons. The number of rotatable bonds is 6. The Morgan fingerprint density at radius 1 is 1.29 bits per heavy atom. The first-order valence-electron chi connectivity index (χ1n) is 6.93. The number of aryl methyl sites for hydroxylation is 1. The SMILES string of the molecule is CCn1ncc(NCc2ccc(CCN)cc2)c(Cl)c1=O. The first-order valence-corrected chi connectivity index (χ1v) is 7.31. The van der Waals surface area contributed by atoms with E-state index in [4.69, 9.17) is 17.3 Å². The van der Waals surface area contributed by atoms with Gasteiger partial charge in [0, 0.05) is 13.1 Å². The molecule has 0 atom stereocenters. The average molecular weight is 307 g/mol. The van der Waals surface area contributed by atoms with Crippen LogP contribution in [-0.4, -0.2) is 16.3 Å². The van der Waals surface area contributed by atoms with E-state index in [0.29, 0.717) is 25.3 Å². The molecule has 0 bridgehead atoms. The molecular formula is C15H19ClN4O. The van der Waals surface area contributed by atoms with Crippen molar-refractivity contribution in [2.45, 2.75) is 26.4 Å². The number of nitrogens with zero attached hydrogens (tertiary/aromatic N) is 2. The minimum absolute atomic E-state index is 0.173. The summed E-state index contributed by atoms with van der Waals surface area (Å²) in [4.78, 5) is 11.9. The van der Waals surface area contributed by atoms with Crippen molar-refractivity contribution in [1.82, 2.24) is 9.78 Å². The van der Waals surface area contributed by atoms with E-state index >= 15 is 0 Å². The lowest BCUT2D eigenvalue weighted by molar-refractivity contribution is 0.616. The first kappa shape index (κ1) is 15.5. The van der Waals surface area contributed by atoms with Gasteiger partial charge < -0.3 is 11.1 Å².